The summed E-state index contributed by atoms with van der Waals surface area (Å²) in [6.07, 6.45) is 1.96. The predicted molar refractivity (Wildman–Crippen MR) is 129 cm³/mol. The molecule has 0 N–H and O–H groups in total. The third kappa shape index (κ3) is 4.42. The maximum Gasteiger partial charge on any atom is 0.161 e. The molecule has 0 amide bonds. The minimum absolute atomic E-state index is 0.697. The number of hydrogen-bond acceptors (Lipinski definition) is 4. The third-order valence-corrected chi connectivity index (χ3v) is 5.88. The lowest BCUT2D eigenvalue weighted by atomic mass is 10.1. The first-order valence-electron chi connectivity index (χ1n) is 11.0. The van der Waals surface area contributed by atoms with E-state index in [1.165, 1.54) is 11.1 Å². The first kappa shape index (κ1) is 21.8. The largest absolute Gasteiger partial charge is 0.493 e. The van der Waals surface area contributed by atoms with Crippen molar-refractivity contribution in [1.29, 1.82) is 0 Å². The molecule has 5 heteroatoms. The van der Waals surface area contributed by atoms with Crippen LogP contribution in [-0.4, -0.2) is 30.4 Å². The zero-order chi connectivity index (χ0) is 22.5. The minimum Gasteiger partial charge on any atom is -0.493 e. The normalized spacial score (nSPS) is 11.0. The number of nitrogens with zero attached hydrogens (tertiary/aromatic N) is 2. The summed E-state index contributed by atoms with van der Waals surface area (Å²) in [7, 11) is 3.30. The molecule has 0 spiro atoms. The van der Waals surface area contributed by atoms with Crippen molar-refractivity contribution in [1.82, 2.24) is 9.55 Å². The van der Waals surface area contributed by atoms with Gasteiger partial charge in [-0.25, -0.2) is 4.98 Å². The SMILES string of the molecule is COc1ccc(-c2nc3ccccc3n2CCCCOc2cccc(C)c2C)cc1OC. The van der Waals surface area contributed by atoms with E-state index < -0.39 is 0 Å². The van der Waals surface area contributed by atoms with E-state index in [1.807, 2.05) is 36.4 Å². The number of aryl methyl sites for hydroxylation is 2. The molecule has 166 valence electrons. The Kier molecular flexibility index (Phi) is 6.64. The number of unbranched alkanes of at least 4 members (excludes halogenated alkanes) is 1. The van der Waals surface area contributed by atoms with Crippen LogP contribution in [0.4, 0.5) is 0 Å². The van der Waals surface area contributed by atoms with E-state index in [0.717, 1.165) is 47.6 Å². The molecule has 0 aliphatic heterocycles. The van der Waals surface area contributed by atoms with Gasteiger partial charge in [0.05, 0.1) is 31.9 Å². The average Bonchev–Trinajstić information content (AvgIpc) is 3.19. The fourth-order valence-corrected chi connectivity index (χ4v) is 3.93. The van der Waals surface area contributed by atoms with Gasteiger partial charge in [-0.15, -0.1) is 0 Å². The highest BCUT2D eigenvalue weighted by molar-refractivity contribution is 5.81. The Hall–Kier alpha value is -3.47. The standard InChI is InChI=1S/C27H30N2O3/c1-19-10-9-13-24(20(19)2)32-17-8-7-16-29-23-12-6-5-11-22(23)28-27(29)21-14-15-25(30-3)26(18-21)31-4/h5-6,9-15,18H,7-8,16-17H2,1-4H3. The molecule has 0 bridgehead atoms. The number of fused-ring (bicyclic) bond motifs is 1. The first-order valence-corrected chi connectivity index (χ1v) is 11.0. The van der Waals surface area contributed by atoms with Crippen molar-refractivity contribution in [3.8, 4) is 28.6 Å². The summed E-state index contributed by atoms with van der Waals surface area (Å²) < 4.78 is 19.2. The highest BCUT2D eigenvalue weighted by Crippen LogP contribution is 2.33. The van der Waals surface area contributed by atoms with Gasteiger partial charge in [0, 0.05) is 12.1 Å². The predicted octanol–water partition coefficient (Wildman–Crippen LogP) is 6.20. The molecule has 3 aromatic carbocycles. The van der Waals surface area contributed by atoms with Crippen LogP contribution in [0, 0.1) is 13.8 Å². The van der Waals surface area contributed by atoms with Crippen LogP contribution in [0.15, 0.2) is 60.7 Å². The maximum absolute atomic E-state index is 6.04. The molecule has 0 radical (unpaired) electrons. The van der Waals surface area contributed by atoms with E-state index in [9.17, 15) is 0 Å². The summed E-state index contributed by atoms with van der Waals surface area (Å²) in [6.45, 7) is 5.78. The van der Waals surface area contributed by atoms with E-state index in [4.69, 9.17) is 19.2 Å². The summed E-state index contributed by atoms with van der Waals surface area (Å²) in [5, 5.41) is 0. The Labute approximate surface area is 189 Å². The van der Waals surface area contributed by atoms with E-state index in [2.05, 4.69) is 42.7 Å². The Bertz CT molecular complexity index is 1210. The molecule has 0 unspecified atom stereocenters. The van der Waals surface area contributed by atoms with E-state index in [1.54, 1.807) is 14.2 Å². The molecule has 0 aliphatic carbocycles. The number of methoxy groups -OCH3 is 2. The third-order valence-electron chi connectivity index (χ3n) is 5.88. The van der Waals surface area contributed by atoms with Crippen LogP contribution in [0.2, 0.25) is 0 Å². The first-order chi connectivity index (χ1) is 15.6. The van der Waals surface area contributed by atoms with Crippen molar-refractivity contribution in [2.45, 2.75) is 33.2 Å². The van der Waals surface area contributed by atoms with Crippen molar-refractivity contribution < 1.29 is 14.2 Å². The summed E-state index contributed by atoms with van der Waals surface area (Å²) in [4.78, 5) is 4.92. The van der Waals surface area contributed by atoms with Gasteiger partial charge in [0.15, 0.2) is 11.5 Å². The summed E-state index contributed by atoms with van der Waals surface area (Å²) in [6, 6.07) is 20.4. The van der Waals surface area contributed by atoms with Crippen molar-refractivity contribution in [2.24, 2.45) is 0 Å². The summed E-state index contributed by atoms with van der Waals surface area (Å²) >= 11 is 0. The molecular formula is C27H30N2O3. The van der Waals surface area contributed by atoms with Crippen molar-refractivity contribution in [2.75, 3.05) is 20.8 Å². The Morgan fingerprint density at radius 2 is 1.62 bits per heavy atom. The lowest BCUT2D eigenvalue weighted by Crippen LogP contribution is -2.05. The van der Waals surface area contributed by atoms with Gasteiger partial charge in [0.2, 0.25) is 0 Å². The Morgan fingerprint density at radius 1 is 0.812 bits per heavy atom. The lowest BCUT2D eigenvalue weighted by Gasteiger charge is -2.13. The van der Waals surface area contributed by atoms with Crippen molar-refractivity contribution in [3.05, 3.63) is 71.8 Å². The van der Waals surface area contributed by atoms with Gasteiger partial charge in [0.1, 0.15) is 11.6 Å². The average molecular weight is 431 g/mol. The highest BCUT2D eigenvalue weighted by atomic mass is 16.5. The fraction of sp³-hybridized carbons (Fsp3) is 0.296. The van der Waals surface area contributed by atoms with E-state index >= 15 is 0 Å². The van der Waals surface area contributed by atoms with Crippen LogP contribution in [0.5, 0.6) is 17.2 Å². The van der Waals surface area contributed by atoms with E-state index in [0.29, 0.717) is 18.1 Å². The molecular weight excluding hydrogens is 400 g/mol. The molecule has 4 rings (SSSR count). The number of para-hydroxylation sites is 2. The Balaban J connectivity index is 1.51. The molecule has 1 heterocycles. The summed E-state index contributed by atoms with van der Waals surface area (Å²) in [5.41, 5.74) is 5.60. The van der Waals surface area contributed by atoms with Crippen LogP contribution in [0.1, 0.15) is 24.0 Å². The van der Waals surface area contributed by atoms with Gasteiger partial charge in [-0.3, -0.25) is 0 Å². The second-order valence-electron chi connectivity index (χ2n) is 7.90. The topological polar surface area (TPSA) is 45.5 Å². The van der Waals surface area contributed by atoms with Crippen LogP contribution in [0.3, 0.4) is 0 Å². The van der Waals surface area contributed by atoms with E-state index in [-0.39, 0.29) is 0 Å². The van der Waals surface area contributed by atoms with Gasteiger partial charge in [-0.1, -0.05) is 24.3 Å². The minimum atomic E-state index is 0.697. The van der Waals surface area contributed by atoms with Gasteiger partial charge in [-0.05, 0) is 74.2 Å². The van der Waals surface area contributed by atoms with Gasteiger partial charge < -0.3 is 18.8 Å². The number of imidazole rings is 1. The molecule has 0 fully saturated rings. The van der Waals surface area contributed by atoms with Crippen LogP contribution in [-0.2, 0) is 6.54 Å². The number of aromatic nitrogens is 2. The number of ether oxygens (including phenoxy) is 3. The highest BCUT2D eigenvalue weighted by Gasteiger charge is 2.15. The zero-order valence-electron chi connectivity index (χ0n) is 19.2. The van der Waals surface area contributed by atoms with Crippen LogP contribution < -0.4 is 14.2 Å². The molecule has 4 aromatic rings. The smallest absolute Gasteiger partial charge is 0.161 e. The molecule has 32 heavy (non-hydrogen) atoms. The summed E-state index contributed by atoms with van der Waals surface area (Å²) in [5.74, 6) is 3.32. The second kappa shape index (κ2) is 9.77. The number of hydrogen-bond donors (Lipinski definition) is 0. The maximum atomic E-state index is 6.04. The molecule has 1 aromatic heterocycles. The number of rotatable bonds is 9. The molecule has 0 atom stereocenters. The molecule has 5 nitrogen and oxygen atoms in total. The van der Waals surface area contributed by atoms with Crippen molar-refractivity contribution in [3.63, 3.8) is 0 Å². The van der Waals surface area contributed by atoms with Gasteiger partial charge in [0.25, 0.3) is 0 Å². The molecule has 0 aliphatic rings. The van der Waals surface area contributed by atoms with Gasteiger partial charge >= 0.3 is 0 Å². The lowest BCUT2D eigenvalue weighted by molar-refractivity contribution is 0.301. The fourth-order valence-electron chi connectivity index (χ4n) is 3.93. The quantitative estimate of drug-likeness (QED) is 0.297. The van der Waals surface area contributed by atoms with Gasteiger partial charge in [-0.2, -0.15) is 0 Å². The second-order valence-corrected chi connectivity index (χ2v) is 7.90. The zero-order valence-corrected chi connectivity index (χ0v) is 19.2. The number of benzene rings is 3. The molecule has 0 saturated carbocycles. The Morgan fingerprint density at radius 3 is 2.44 bits per heavy atom. The monoisotopic (exact) mass is 430 g/mol. The van der Waals surface area contributed by atoms with Crippen LogP contribution >= 0.6 is 0 Å². The van der Waals surface area contributed by atoms with Crippen molar-refractivity contribution >= 4 is 11.0 Å². The van der Waals surface area contributed by atoms with Crippen LogP contribution in [0.25, 0.3) is 22.4 Å². The molecule has 0 saturated heterocycles.